The fourth-order valence-corrected chi connectivity index (χ4v) is 1.26. The standard InChI is InChI=1S/C10H11Cl/c1-7(2)9-6-4-5-8(3)10(9)11/h4-6H,1H2,2-3H3. The molecule has 0 atom stereocenters. The van der Waals surface area contributed by atoms with E-state index in [-0.39, 0.29) is 0 Å². The van der Waals surface area contributed by atoms with E-state index < -0.39 is 0 Å². The highest BCUT2D eigenvalue weighted by Gasteiger charge is 2.01. The molecule has 0 heterocycles. The molecule has 0 unspecified atom stereocenters. The smallest absolute Gasteiger partial charge is 0.0509 e. The predicted octanol–water partition coefficient (Wildman–Crippen LogP) is 3.68. The summed E-state index contributed by atoms with van der Waals surface area (Å²) in [4.78, 5) is 0. The lowest BCUT2D eigenvalue weighted by atomic mass is 10.1. The number of allylic oxidation sites excluding steroid dienone is 1. The summed E-state index contributed by atoms with van der Waals surface area (Å²) in [7, 11) is 0. The van der Waals surface area contributed by atoms with Crippen molar-refractivity contribution in [2.75, 3.05) is 0 Å². The minimum atomic E-state index is 0.819. The van der Waals surface area contributed by atoms with E-state index in [4.69, 9.17) is 11.6 Å². The largest absolute Gasteiger partial charge is 0.0955 e. The van der Waals surface area contributed by atoms with E-state index in [0.29, 0.717) is 0 Å². The molecule has 0 bridgehead atoms. The summed E-state index contributed by atoms with van der Waals surface area (Å²) < 4.78 is 0. The summed E-state index contributed by atoms with van der Waals surface area (Å²) in [6.45, 7) is 7.80. The molecule has 11 heavy (non-hydrogen) atoms. The van der Waals surface area contributed by atoms with Gasteiger partial charge in [0.05, 0.1) is 5.02 Å². The quantitative estimate of drug-likeness (QED) is 0.597. The van der Waals surface area contributed by atoms with Crippen LogP contribution in [0.5, 0.6) is 0 Å². The second-order valence-corrected chi connectivity index (χ2v) is 3.09. The molecular formula is C10H11Cl. The minimum absolute atomic E-state index is 0.819. The summed E-state index contributed by atoms with van der Waals surface area (Å²) in [5.41, 5.74) is 3.16. The highest BCUT2D eigenvalue weighted by Crippen LogP contribution is 2.25. The summed E-state index contributed by atoms with van der Waals surface area (Å²) in [6, 6.07) is 5.97. The van der Waals surface area contributed by atoms with Crippen LogP contribution in [0.4, 0.5) is 0 Å². The Hall–Kier alpha value is -0.750. The third-order valence-electron chi connectivity index (χ3n) is 1.65. The molecule has 0 spiro atoms. The van der Waals surface area contributed by atoms with E-state index in [1.807, 2.05) is 32.0 Å². The lowest BCUT2D eigenvalue weighted by Gasteiger charge is -2.04. The van der Waals surface area contributed by atoms with Crippen LogP contribution < -0.4 is 0 Å². The highest BCUT2D eigenvalue weighted by atomic mass is 35.5. The van der Waals surface area contributed by atoms with Gasteiger partial charge in [0.1, 0.15) is 0 Å². The van der Waals surface area contributed by atoms with Crippen LogP contribution >= 0.6 is 11.6 Å². The molecule has 0 N–H and O–H groups in total. The van der Waals surface area contributed by atoms with Crippen molar-refractivity contribution in [3.8, 4) is 0 Å². The van der Waals surface area contributed by atoms with Crippen LogP contribution in [-0.4, -0.2) is 0 Å². The summed E-state index contributed by atoms with van der Waals surface area (Å²) in [6.07, 6.45) is 0. The van der Waals surface area contributed by atoms with Gasteiger partial charge in [-0.2, -0.15) is 0 Å². The van der Waals surface area contributed by atoms with Gasteiger partial charge in [0, 0.05) is 0 Å². The van der Waals surface area contributed by atoms with Crippen molar-refractivity contribution in [3.05, 3.63) is 40.9 Å². The highest BCUT2D eigenvalue weighted by molar-refractivity contribution is 6.33. The molecule has 0 amide bonds. The Bertz CT molecular complexity index is 287. The fraction of sp³-hybridized carbons (Fsp3) is 0.200. The Balaban J connectivity index is 3.27. The van der Waals surface area contributed by atoms with Gasteiger partial charge in [0.15, 0.2) is 0 Å². The maximum absolute atomic E-state index is 6.03. The van der Waals surface area contributed by atoms with Crippen molar-refractivity contribution in [2.45, 2.75) is 13.8 Å². The van der Waals surface area contributed by atoms with Gasteiger partial charge in [-0.15, -0.1) is 0 Å². The molecule has 0 aliphatic carbocycles. The van der Waals surface area contributed by atoms with Crippen molar-refractivity contribution in [1.82, 2.24) is 0 Å². The second kappa shape index (κ2) is 3.10. The number of benzene rings is 1. The van der Waals surface area contributed by atoms with E-state index in [0.717, 1.165) is 21.7 Å². The Morgan fingerprint density at radius 2 is 2.09 bits per heavy atom. The summed E-state index contributed by atoms with van der Waals surface area (Å²) >= 11 is 6.03. The number of aryl methyl sites for hydroxylation is 1. The molecule has 0 aliphatic rings. The molecule has 0 aromatic heterocycles. The number of halogens is 1. The van der Waals surface area contributed by atoms with Gasteiger partial charge >= 0.3 is 0 Å². The molecule has 0 saturated carbocycles. The van der Waals surface area contributed by atoms with Crippen LogP contribution in [0.3, 0.4) is 0 Å². The van der Waals surface area contributed by atoms with Gasteiger partial charge in [-0.3, -0.25) is 0 Å². The molecular weight excluding hydrogens is 156 g/mol. The van der Waals surface area contributed by atoms with Crippen LogP contribution in [0.1, 0.15) is 18.1 Å². The second-order valence-electron chi connectivity index (χ2n) is 2.72. The Labute approximate surface area is 72.5 Å². The van der Waals surface area contributed by atoms with E-state index in [1.54, 1.807) is 0 Å². The van der Waals surface area contributed by atoms with Gasteiger partial charge in [-0.1, -0.05) is 36.4 Å². The lowest BCUT2D eigenvalue weighted by Crippen LogP contribution is -1.82. The fourth-order valence-electron chi connectivity index (χ4n) is 0.977. The molecule has 0 fully saturated rings. The molecule has 1 aromatic rings. The van der Waals surface area contributed by atoms with Crippen LogP contribution in [0, 0.1) is 6.92 Å². The average Bonchev–Trinajstić information content (AvgIpc) is 1.94. The molecule has 58 valence electrons. The first-order chi connectivity index (χ1) is 5.13. The zero-order valence-corrected chi connectivity index (χ0v) is 7.57. The predicted molar refractivity (Wildman–Crippen MR) is 50.9 cm³/mol. The van der Waals surface area contributed by atoms with E-state index in [1.165, 1.54) is 0 Å². The van der Waals surface area contributed by atoms with Crippen molar-refractivity contribution in [1.29, 1.82) is 0 Å². The number of rotatable bonds is 1. The number of hydrogen-bond acceptors (Lipinski definition) is 0. The third kappa shape index (κ3) is 1.63. The maximum Gasteiger partial charge on any atom is 0.0509 e. The van der Waals surface area contributed by atoms with Gasteiger partial charge in [-0.25, -0.2) is 0 Å². The maximum atomic E-state index is 6.03. The molecule has 1 heteroatoms. The Kier molecular flexibility index (Phi) is 2.35. The third-order valence-corrected chi connectivity index (χ3v) is 2.15. The van der Waals surface area contributed by atoms with E-state index in [2.05, 4.69) is 6.58 Å². The monoisotopic (exact) mass is 166 g/mol. The normalized spacial score (nSPS) is 9.73. The van der Waals surface area contributed by atoms with E-state index in [9.17, 15) is 0 Å². The molecule has 0 aliphatic heterocycles. The van der Waals surface area contributed by atoms with E-state index >= 15 is 0 Å². The minimum Gasteiger partial charge on any atom is -0.0955 e. The van der Waals surface area contributed by atoms with Crippen LogP contribution in [0.2, 0.25) is 5.02 Å². The first-order valence-corrected chi connectivity index (χ1v) is 3.91. The lowest BCUT2D eigenvalue weighted by molar-refractivity contribution is 1.44. The first-order valence-electron chi connectivity index (χ1n) is 3.54. The van der Waals surface area contributed by atoms with Crippen molar-refractivity contribution >= 4 is 17.2 Å². The van der Waals surface area contributed by atoms with Crippen molar-refractivity contribution in [3.63, 3.8) is 0 Å². The van der Waals surface area contributed by atoms with Gasteiger partial charge < -0.3 is 0 Å². The SMILES string of the molecule is C=C(C)c1cccc(C)c1Cl. The Morgan fingerprint density at radius 1 is 1.45 bits per heavy atom. The van der Waals surface area contributed by atoms with Crippen LogP contribution in [-0.2, 0) is 0 Å². The Morgan fingerprint density at radius 3 is 2.55 bits per heavy atom. The average molecular weight is 167 g/mol. The van der Waals surface area contributed by atoms with Crippen LogP contribution in [0.15, 0.2) is 24.8 Å². The molecule has 1 aromatic carbocycles. The zero-order chi connectivity index (χ0) is 8.43. The van der Waals surface area contributed by atoms with Gasteiger partial charge in [0.2, 0.25) is 0 Å². The van der Waals surface area contributed by atoms with Crippen LogP contribution in [0.25, 0.3) is 5.57 Å². The van der Waals surface area contributed by atoms with Gasteiger partial charge in [0.25, 0.3) is 0 Å². The topological polar surface area (TPSA) is 0 Å². The molecule has 1 rings (SSSR count). The first kappa shape index (κ1) is 8.35. The molecule has 0 saturated heterocycles. The van der Waals surface area contributed by atoms with Crippen molar-refractivity contribution < 1.29 is 0 Å². The van der Waals surface area contributed by atoms with Crippen molar-refractivity contribution in [2.24, 2.45) is 0 Å². The summed E-state index contributed by atoms with van der Waals surface area (Å²) in [5.74, 6) is 0. The summed E-state index contributed by atoms with van der Waals surface area (Å²) in [5, 5.41) is 0.819. The molecule has 0 nitrogen and oxygen atoms in total. The number of hydrogen-bond donors (Lipinski definition) is 0. The zero-order valence-electron chi connectivity index (χ0n) is 6.82. The van der Waals surface area contributed by atoms with Gasteiger partial charge in [-0.05, 0) is 30.5 Å². The molecule has 0 radical (unpaired) electrons.